The average molecular weight is 409 g/mol. The van der Waals surface area contributed by atoms with Crippen LogP contribution in [0.15, 0.2) is 45.3 Å². The fourth-order valence-corrected chi connectivity index (χ4v) is 3.46. The highest BCUT2D eigenvalue weighted by atomic mass is 79.9. The first-order chi connectivity index (χ1) is 11.2. The molecule has 0 aliphatic heterocycles. The standard InChI is InChI=1S/C15H13BrN4OS2/c1-2-21-11-5-3-4-10(8-11)14-18-19-15(22)20(14)17-9-12-6-7-13(16)23-12/h3-9H,2H2,1H3,(H,19,22)/b17-9-. The molecule has 2 heterocycles. The van der Waals surface area contributed by atoms with Gasteiger partial charge in [-0.2, -0.15) is 14.9 Å². The fraction of sp³-hybridized carbons (Fsp3) is 0.133. The first-order valence-electron chi connectivity index (χ1n) is 6.87. The van der Waals surface area contributed by atoms with Gasteiger partial charge in [-0.05, 0) is 59.3 Å². The van der Waals surface area contributed by atoms with Crippen molar-refractivity contribution in [2.45, 2.75) is 6.92 Å². The number of rotatable bonds is 5. The maximum atomic E-state index is 5.53. The van der Waals surface area contributed by atoms with E-state index in [9.17, 15) is 0 Å². The summed E-state index contributed by atoms with van der Waals surface area (Å²) in [5.74, 6) is 1.43. The second-order valence-corrected chi connectivity index (χ2v) is 7.39. The lowest BCUT2D eigenvalue weighted by molar-refractivity contribution is 0.340. The van der Waals surface area contributed by atoms with Crippen LogP contribution in [0.4, 0.5) is 0 Å². The lowest BCUT2D eigenvalue weighted by atomic mass is 10.2. The first-order valence-corrected chi connectivity index (χ1v) is 8.89. The predicted molar refractivity (Wildman–Crippen MR) is 99.0 cm³/mol. The van der Waals surface area contributed by atoms with Gasteiger partial charge < -0.3 is 4.74 Å². The average Bonchev–Trinajstić information content (AvgIpc) is 3.12. The Morgan fingerprint density at radius 1 is 1.43 bits per heavy atom. The monoisotopic (exact) mass is 408 g/mol. The van der Waals surface area contributed by atoms with E-state index in [0.29, 0.717) is 17.2 Å². The van der Waals surface area contributed by atoms with Gasteiger partial charge in [0.2, 0.25) is 4.77 Å². The molecule has 0 fully saturated rings. The van der Waals surface area contributed by atoms with Gasteiger partial charge in [0.25, 0.3) is 0 Å². The van der Waals surface area contributed by atoms with E-state index in [-0.39, 0.29) is 0 Å². The quantitative estimate of drug-likeness (QED) is 0.491. The summed E-state index contributed by atoms with van der Waals surface area (Å²) in [7, 11) is 0. The van der Waals surface area contributed by atoms with E-state index in [1.54, 1.807) is 22.2 Å². The van der Waals surface area contributed by atoms with Crippen LogP contribution in [0.2, 0.25) is 0 Å². The summed E-state index contributed by atoms with van der Waals surface area (Å²) in [4.78, 5) is 1.02. The molecular weight excluding hydrogens is 396 g/mol. The third-order valence-corrected chi connectivity index (χ3v) is 4.77. The fourth-order valence-electron chi connectivity index (χ4n) is 1.99. The second kappa shape index (κ2) is 7.20. The van der Waals surface area contributed by atoms with Crippen molar-refractivity contribution in [1.82, 2.24) is 14.9 Å². The molecule has 8 heteroatoms. The van der Waals surface area contributed by atoms with E-state index in [1.807, 2.05) is 43.3 Å². The number of hydrogen-bond donors (Lipinski definition) is 1. The summed E-state index contributed by atoms with van der Waals surface area (Å²) in [6.07, 6.45) is 1.76. The summed E-state index contributed by atoms with van der Waals surface area (Å²) in [5.41, 5.74) is 0.882. The summed E-state index contributed by atoms with van der Waals surface area (Å²) in [5, 5.41) is 11.5. The zero-order valence-corrected chi connectivity index (χ0v) is 15.4. The van der Waals surface area contributed by atoms with Crippen LogP contribution in [0.3, 0.4) is 0 Å². The van der Waals surface area contributed by atoms with Gasteiger partial charge in [0.15, 0.2) is 5.82 Å². The maximum absolute atomic E-state index is 5.53. The van der Waals surface area contributed by atoms with Gasteiger partial charge in [-0.15, -0.1) is 11.3 Å². The zero-order chi connectivity index (χ0) is 16.2. The minimum atomic E-state index is 0.439. The van der Waals surface area contributed by atoms with Crippen LogP contribution in [0, 0.1) is 4.77 Å². The number of hydrogen-bond acceptors (Lipinski definition) is 5. The zero-order valence-electron chi connectivity index (χ0n) is 12.2. The summed E-state index contributed by atoms with van der Waals surface area (Å²) in [6, 6.07) is 11.7. The third-order valence-electron chi connectivity index (χ3n) is 2.95. The Hall–Kier alpha value is -1.77. The molecule has 3 aromatic rings. The van der Waals surface area contributed by atoms with Crippen molar-refractivity contribution in [1.29, 1.82) is 0 Å². The van der Waals surface area contributed by atoms with Gasteiger partial charge >= 0.3 is 0 Å². The van der Waals surface area contributed by atoms with Crippen molar-refractivity contribution in [3.8, 4) is 17.1 Å². The second-order valence-electron chi connectivity index (χ2n) is 4.51. The molecule has 1 aromatic carbocycles. The highest BCUT2D eigenvalue weighted by Crippen LogP contribution is 2.23. The van der Waals surface area contributed by atoms with E-state index < -0.39 is 0 Å². The molecule has 0 aliphatic carbocycles. The number of nitrogens with one attached hydrogen (secondary N) is 1. The molecule has 2 aromatic heterocycles. The molecule has 0 amide bonds. The minimum absolute atomic E-state index is 0.439. The van der Waals surface area contributed by atoms with Crippen molar-refractivity contribution in [3.63, 3.8) is 0 Å². The minimum Gasteiger partial charge on any atom is -0.494 e. The molecule has 1 N–H and O–H groups in total. The van der Waals surface area contributed by atoms with E-state index in [2.05, 4.69) is 31.2 Å². The van der Waals surface area contributed by atoms with Gasteiger partial charge in [0.1, 0.15) is 5.75 Å². The maximum Gasteiger partial charge on any atom is 0.216 e. The number of benzene rings is 1. The molecule has 0 saturated carbocycles. The lowest BCUT2D eigenvalue weighted by Gasteiger charge is -2.05. The smallest absolute Gasteiger partial charge is 0.216 e. The molecule has 5 nitrogen and oxygen atoms in total. The van der Waals surface area contributed by atoms with Crippen LogP contribution in [-0.2, 0) is 0 Å². The summed E-state index contributed by atoms with van der Waals surface area (Å²) >= 11 is 10.3. The SMILES string of the molecule is CCOc1cccc(-c2n[nH]c(=S)n2/N=C\c2ccc(Br)s2)c1. The molecule has 0 atom stereocenters. The Kier molecular flexibility index (Phi) is 5.04. The topological polar surface area (TPSA) is 55.2 Å². The van der Waals surface area contributed by atoms with Gasteiger partial charge in [-0.1, -0.05) is 12.1 Å². The number of aromatic amines is 1. The van der Waals surface area contributed by atoms with Crippen LogP contribution in [0.5, 0.6) is 5.75 Å². The van der Waals surface area contributed by atoms with Crippen LogP contribution < -0.4 is 4.74 Å². The number of aromatic nitrogens is 3. The number of H-pyrrole nitrogens is 1. The Balaban J connectivity index is 1.97. The molecule has 118 valence electrons. The van der Waals surface area contributed by atoms with Crippen LogP contribution in [0.25, 0.3) is 11.4 Å². The van der Waals surface area contributed by atoms with Crippen molar-refractivity contribution in [2.75, 3.05) is 6.61 Å². The van der Waals surface area contributed by atoms with Crippen molar-refractivity contribution in [2.24, 2.45) is 5.10 Å². The van der Waals surface area contributed by atoms with Crippen LogP contribution >= 0.6 is 39.5 Å². The van der Waals surface area contributed by atoms with E-state index in [1.165, 1.54) is 0 Å². The summed E-state index contributed by atoms with van der Waals surface area (Å²) < 4.78 is 8.63. The molecule has 0 bridgehead atoms. The third kappa shape index (κ3) is 3.77. The molecule has 3 rings (SSSR count). The first kappa shape index (κ1) is 16.1. The normalized spacial score (nSPS) is 11.2. The Bertz CT molecular complexity index is 897. The van der Waals surface area contributed by atoms with E-state index >= 15 is 0 Å². The molecule has 23 heavy (non-hydrogen) atoms. The number of nitrogens with zero attached hydrogens (tertiary/aromatic N) is 3. The van der Waals surface area contributed by atoms with E-state index in [0.717, 1.165) is 20.0 Å². The van der Waals surface area contributed by atoms with Crippen molar-refractivity contribution >= 4 is 45.7 Å². The molecule has 0 spiro atoms. The highest BCUT2D eigenvalue weighted by molar-refractivity contribution is 9.11. The van der Waals surface area contributed by atoms with Gasteiger partial charge in [-0.25, -0.2) is 5.10 Å². The van der Waals surface area contributed by atoms with Gasteiger partial charge in [-0.3, -0.25) is 0 Å². The van der Waals surface area contributed by atoms with Crippen LogP contribution in [0.1, 0.15) is 11.8 Å². The molecule has 0 saturated heterocycles. The molecule has 0 aliphatic rings. The Morgan fingerprint density at radius 2 is 2.30 bits per heavy atom. The molecule has 0 unspecified atom stereocenters. The Labute approximate surface area is 150 Å². The molecular formula is C15H13BrN4OS2. The number of thiophene rings is 1. The Morgan fingerprint density at radius 3 is 3.04 bits per heavy atom. The van der Waals surface area contributed by atoms with Crippen LogP contribution in [-0.4, -0.2) is 27.7 Å². The highest BCUT2D eigenvalue weighted by Gasteiger charge is 2.09. The van der Waals surface area contributed by atoms with Crippen molar-refractivity contribution < 1.29 is 4.74 Å². The number of ether oxygens (including phenoxy) is 1. The predicted octanol–water partition coefficient (Wildman–Crippen LogP) is 4.71. The van der Waals surface area contributed by atoms with Gasteiger partial charge in [0, 0.05) is 10.4 Å². The van der Waals surface area contributed by atoms with Gasteiger partial charge in [0.05, 0.1) is 16.6 Å². The lowest BCUT2D eigenvalue weighted by Crippen LogP contribution is -1.96. The summed E-state index contributed by atoms with van der Waals surface area (Å²) in [6.45, 7) is 2.56. The van der Waals surface area contributed by atoms with Crippen molar-refractivity contribution in [3.05, 3.63) is 49.8 Å². The largest absolute Gasteiger partial charge is 0.494 e. The molecule has 0 radical (unpaired) electrons. The number of halogens is 1. The van der Waals surface area contributed by atoms with E-state index in [4.69, 9.17) is 17.0 Å².